The highest BCUT2D eigenvalue weighted by molar-refractivity contribution is 5.87. The molecule has 364 valence electrons. The Bertz CT molecular complexity index is 1900. The molecule has 1 aliphatic rings. The summed E-state index contributed by atoms with van der Waals surface area (Å²) in [6, 6.07) is 12.7. The molecule has 0 saturated heterocycles. The van der Waals surface area contributed by atoms with E-state index in [4.69, 9.17) is 23.7 Å². The Morgan fingerprint density at radius 1 is 0.621 bits per heavy atom. The third-order valence-corrected chi connectivity index (χ3v) is 12.1. The van der Waals surface area contributed by atoms with Gasteiger partial charge in [0.05, 0.1) is 46.5 Å². The summed E-state index contributed by atoms with van der Waals surface area (Å²) < 4.78 is 38.1. The molecule has 0 amide bonds. The van der Waals surface area contributed by atoms with E-state index in [9.17, 15) is 28.8 Å². The molecule has 1 fully saturated rings. The van der Waals surface area contributed by atoms with Gasteiger partial charge in [-0.2, -0.15) is 0 Å². The maximum Gasteiger partial charge on any atom is 0.333 e. The molecule has 3 rings (SSSR count). The first-order valence-electron chi connectivity index (χ1n) is 23.6. The second-order valence-electron chi connectivity index (χ2n) is 17.7. The van der Waals surface area contributed by atoms with E-state index in [-0.39, 0.29) is 44.5 Å². The molecule has 66 heavy (non-hydrogen) atoms. The fourth-order valence-electron chi connectivity index (χ4n) is 7.94. The van der Waals surface area contributed by atoms with Crippen molar-refractivity contribution in [1.82, 2.24) is 0 Å². The van der Waals surface area contributed by atoms with Crippen molar-refractivity contribution in [2.45, 2.75) is 143 Å². The molecule has 0 heterocycles. The summed E-state index contributed by atoms with van der Waals surface area (Å²) in [6.45, 7) is 13.3. The van der Waals surface area contributed by atoms with Crippen molar-refractivity contribution in [3.8, 4) is 16.9 Å². The minimum absolute atomic E-state index is 0.107. The largest absolute Gasteiger partial charge is 0.492 e. The number of carbonyl (C=O) groups is 6. The molecular weight excluding hydrogens is 845 g/mol. The van der Waals surface area contributed by atoms with Gasteiger partial charge < -0.3 is 33.2 Å². The smallest absolute Gasteiger partial charge is 0.333 e. The summed E-state index contributed by atoms with van der Waals surface area (Å²) in [6.07, 6.45) is 13.6. The molecular formula is C53H74O13. The quantitative estimate of drug-likeness (QED) is 0.0315. The Kier molecular flexibility index (Phi) is 24.3. The van der Waals surface area contributed by atoms with Gasteiger partial charge in [-0.25, -0.2) is 9.59 Å². The van der Waals surface area contributed by atoms with Crippen LogP contribution in [0.25, 0.3) is 11.1 Å². The minimum atomic E-state index is -1.47. The van der Waals surface area contributed by atoms with Gasteiger partial charge in [-0.1, -0.05) is 89.8 Å². The van der Waals surface area contributed by atoms with Crippen LogP contribution in [0.4, 0.5) is 0 Å². The third-order valence-electron chi connectivity index (χ3n) is 12.1. The first-order valence-corrected chi connectivity index (χ1v) is 23.6. The van der Waals surface area contributed by atoms with Crippen LogP contribution in [-0.2, 0) is 70.0 Å². The summed E-state index contributed by atoms with van der Waals surface area (Å²) in [7, 11) is 2.41. The zero-order valence-electron chi connectivity index (χ0n) is 40.4. The molecule has 0 spiro atoms. The normalized spacial score (nSPS) is 14.6. The summed E-state index contributed by atoms with van der Waals surface area (Å²) in [5, 5.41) is 0. The molecule has 0 bridgehead atoms. The molecule has 0 aliphatic heterocycles. The van der Waals surface area contributed by atoms with Crippen LogP contribution in [0.15, 0.2) is 60.7 Å². The van der Waals surface area contributed by atoms with E-state index in [1.807, 2.05) is 12.1 Å². The number of ether oxygens (including phenoxy) is 7. The van der Waals surface area contributed by atoms with Crippen LogP contribution in [0.3, 0.4) is 0 Å². The Labute approximate surface area is 392 Å². The minimum Gasteiger partial charge on any atom is -0.492 e. The lowest BCUT2D eigenvalue weighted by Gasteiger charge is -2.32. The number of unbranched alkanes of at least 4 members (excludes halogenated alkanes) is 4. The van der Waals surface area contributed by atoms with Crippen LogP contribution in [0.1, 0.15) is 147 Å². The van der Waals surface area contributed by atoms with Crippen LogP contribution in [0.5, 0.6) is 5.75 Å². The summed E-state index contributed by atoms with van der Waals surface area (Å²) in [4.78, 5) is 74.3. The lowest BCUT2D eigenvalue weighted by atomic mass is 9.76. The predicted molar refractivity (Wildman–Crippen MR) is 252 cm³/mol. The lowest BCUT2D eigenvalue weighted by molar-refractivity contribution is -0.165. The number of aryl methyl sites for hydroxylation is 2. The Balaban J connectivity index is 1.96. The van der Waals surface area contributed by atoms with E-state index in [1.165, 1.54) is 96.5 Å². The van der Waals surface area contributed by atoms with Gasteiger partial charge in [0.2, 0.25) is 0 Å². The highest BCUT2D eigenvalue weighted by Gasteiger charge is 2.38. The molecule has 0 N–H and O–H groups in total. The average molecular weight is 919 g/mol. The summed E-state index contributed by atoms with van der Waals surface area (Å²) in [5.41, 5.74) is 4.42. The van der Waals surface area contributed by atoms with Crippen molar-refractivity contribution in [3.63, 3.8) is 0 Å². The average Bonchev–Trinajstić information content (AvgIpc) is 3.32. The van der Waals surface area contributed by atoms with Crippen molar-refractivity contribution in [2.75, 3.05) is 47.3 Å². The molecule has 0 aromatic heterocycles. The predicted octanol–water partition coefficient (Wildman–Crippen LogP) is 10.1. The maximum absolute atomic E-state index is 12.9. The van der Waals surface area contributed by atoms with E-state index in [0.717, 1.165) is 29.0 Å². The zero-order valence-corrected chi connectivity index (χ0v) is 40.4. The van der Waals surface area contributed by atoms with Crippen LogP contribution in [0, 0.1) is 11.3 Å². The topological polar surface area (TPSA) is 167 Å². The molecule has 1 aliphatic carbocycles. The standard InChI is InChI=1S/C53H74O13/c1-9-11-12-13-14-16-39-18-20-41(21-19-39)42-22-24-45(40(10-2)31-42)43-23-25-46(44(32-43)17-15-30-62-51(58)37(3)4)63-33-53(36-66-52(59)38(5)6,34-64-49(56)28-26-47(54)60-7)35-65-50(57)29-27-48(55)61-8/h22-25,31-32,39,41H,3,5,9-21,26-30,33-36H2,1-2,4,6-8H3. The van der Waals surface area contributed by atoms with E-state index in [0.29, 0.717) is 30.1 Å². The third kappa shape index (κ3) is 19.2. The number of rotatable bonds is 30. The molecule has 2 aromatic rings. The maximum atomic E-state index is 12.9. The fourth-order valence-corrected chi connectivity index (χ4v) is 7.94. The Morgan fingerprint density at radius 3 is 1.77 bits per heavy atom. The van der Waals surface area contributed by atoms with Crippen molar-refractivity contribution in [3.05, 3.63) is 77.4 Å². The lowest BCUT2D eigenvalue weighted by Crippen LogP contribution is -2.44. The number of esters is 6. The van der Waals surface area contributed by atoms with E-state index in [1.54, 1.807) is 6.92 Å². The van der Waals surface area contributed by atoms with Crippen molar-refractivity contribution >= 4 is 35.8 Å². The van der Waals surface area contributed by atoms with Crippen LogP contribution < -0.4 is 4.74 Å². The molecule has 2 aromatic carbocycles. The molecule has 13 heteroatoms. The van der Waals surface area contributed by atoms with E-state index in [2.05, 4.69) is 60.7 Å². The molecule has 13 nitrogen and oxygen atoms in total. The Morgan fingerprint density at radius 2 is 1.20 bits per heavy atom. The van der Waals surface area contributed by atoms with Crippen molar-refractivity contribution in [1.29, 1.82) is 0 Å². The summed E-state index contributed by atoms with van der Waals surface area (Å²) in [5.74, 6) is -2.11. The first kappa shape index (κ1) is 54.9. The van der Waals surface area contributed by atoms with Crippen LogP contribution in [0.2, 0.25) is 0 Å². The van der Waals surface area contributed by atoms with Gasteiger partial charge in [-0.05, 0) is 111 Å². The molecule has 0 radical (unpaired) electrons. The van der Waals surface area contributed by atoms with Gasteiger partial charge in [0.15, 0.2) is 0 Å². The number of hydrogen-bond acceptors (Lipinski definition) is 13. The van der Waals surface area contributed by atoms with Crippen LogP contribution in [-0.4, -0.2) is 83.1 Å². The highest BCUT2D eigenvalue weighted by Crippen LogP contribution is 2.40. The number of methoxy groups -OCH3 is 2. The Hall–Kier alpha value is -5.46. The van der Waals surface area contributed by atoms with E-state index >= 15 is 0 Å². The fraction of sp³-hybridized carbons (Fsp3) is 0.585. The van der Waals surface area contributed by atoms with Crippen LogP contribution >= 0.6 is 0 Å². The number of carbonyl (C=O) groups excluding carboxylic acids is 6. The van der Waals surface area contributed by atoms with Gasteiger partial charge in [0.25, 0.3) is 0 Å². The number of benzene rings is 2. The highest BCUT2D eigenvalue weighted by atomic mass is 16.6. The molecule has 0 unspecified atom stereocenters. The molecule has 0 atom stereocenters. The second-order valence-corrected chi connectivity index (χ2v) is 17.7. The zero-order chi connectivity index (χ0) is 48.5. The van der Waals surface area contributed by atoms with E-state index < -0.39 is 61.1 Å². The van der Waals surface area contributed by atoms with Crippen molar-refractivity contribution in [2.24, 2.45) is 11.3 Å². The van der Waals surface area contributed by atoms with Gasteiger partial charge in [0.1, 0.15) is 37.6 Å². The van der Waals surface area contributed by atoms with Gasteiger partial charge in [-0.3, -0.25) is 19.2 Å². The van der Waals surface area contributed by atoms with Crippen molar-refractivity contribution < 1.29 is 61.9 Å². The number of hydrogen-bond donors (Lipinski definition) is 0. The molecule has 1 saturated carbocycles. The monoisotopic (exact) mass is 919 g/mol. The van der Waals surface area contributed by atoms with Gasteiger partial charge >= 0.3 is 35.8 Å². The second kappa shape index (κ2) is 29.2. The summed E-state index contributed by atoms with van der Waals surface area (Å²) >= 11 is 0. The SMILES string of the molecule is C=C(C)C(=O)OCCCc1cc(-c2ccc(C3CCC(CCCCCCC)CC3)cc2CC)ccc1OCC(COC(=O)CCC(=O)OC)(COC(=O)CCC(=O)OC)COC(=O)C(=C)C. The van der Waals surface area contributed by atoms with Gasteiger partial charge in [-0.15, -0.1) is 0 Å². The first-order chi connectivity index (χ1) is 31.6. The van der Waals surface area contributed by atoms with Gasteiger partial charge in [0, 0.05) is 11.1 Å².